The lowest BCUT2D eigenvalue weighted by atomic mass is 10.1. The Labute approximate surface area is 136 Å². The Morgan fingerprint density at radius 2 is 2.13 bits per heavy atom. The number of aliphatic hydroxyl groups is 1. The molecule has 0 aromatic heterocycles. The highest BCUT2D eigenvalue weighted by molar-refractivity contribution is 7.90. The van der Waals surface area contributed by atoms with E-state index in [1.165, 1.54) is 12.3 Å². The smallest absolute Gasteiger partial charge is 0.191 e. The van der Waals surface area contributed by atoms with Gasteiger partial charge in [-0.05, 0) is 31.0 Å². The maximum Gasteiger partial charge on any atom is 0.191 e. The first-order chi connectivity index (χ1) is 10.7. The van der Waals surface area contributed by atoms with Crippen molar-refractivity contribution >= 4 is 15.8 Å². The number of rotatable bonds is 7. The quantitative estimate of drug-likeness (QED) is 0.502. The van der Waals surface area contributed by atoms with Crippen LogP contribution in [-0.4, -0.2) is 44.6 Å². The zero-order valence-electron chi connectivity index (χ0n) is 13.6. The van der Waals surface area contributed by atoms with E-state index in [4.69, 9.17) is 5.11 Å². The van der Waals surface area contributed by atoms with Crippen LogP contribution in [0.3, 0.4) is 0 Å². The number of nitrogens with zero attached hydrogens (tertiary/aromatic N) is 1. The van der Waals surface area contributed by atoms with Crippen molar-refractivity contribution in [1.29, 1.82) is 0 Å². The second-order valence-corrected chi connectivity index (χ2v) is 7.73. The molecular weight excluding hydrogens is 321 g/mol. The van der Waals surface area contributed by atoms with Crippen LogP contribution in [0.15, 0.2) is 23.2 Å². The second kappa shape index (κ2) is 8.83. The van der Waals surface area contributed by atoms with E-state index in [2.05, 4.69) is 15.6 Å². The molecule has 130 valence electrons. The molecule has 8 heteroatoms. The van der Waals surface area contributed by atoms with Gasteiger partial charge in [-0.3, -0.25) is 4.99 Å². The summed E-state index contributed by atoms with van der Waals surface area (Å²) in [6.07, 6.45) is 1.69. The van der Waals surface area contributed by atoms with Crippen LogP contribution >= 0.6 is 0 Å². The van der Waals surface area contributed by atoms with Crippen molar-refractivity contribution in [2.24, 2.45) is 4.99 Å². The molecule has 0 spiro atoms. The Kier molecular flexibility index (Phi) is 7.44. The summed E-state index contributed by atoms with van der Waals surface area (Å²) in [4.78, 5) is 4.07. The largest absolute Gasteiger partial charge is 0.392 e. The molecule has 0 radical (unpaired) electrons. The van der Waals surface area contributed by atoms with Crippen molar-refractivity contribution in [3.63, 3.8) is 0 Å². The molecule has 0 aliphatic rings. The number of hydrogen-bond donors (Lipinski definition) is 3. The molecule has 0 aliphatic carbocycles. The van der Waals surface area contributed by atoms with Crippen LogP contribution in [0.25, 0.3) is 0 Å². The number of benzene rings is 1. The normalized spacial score (nSPS) is 13.7. The van der Waals surface area contributed by atoms with Gasteiger partial charge in [0.2, 0.25) is 0 Å². The number of sulfone groups is 1. The average molecular weight is 345 g/mol. The van der Waals surface area contributed by atoms with E-state index in [1.807, 2.05) is 6.92 Å². The van der Waals surface area contributed by atoms with Crippen molar-refractivity contribution in [3.8, 4) is 0 Å². The maximum atomic E-state index is 13.3. The van der Waals surface area contributed by atoms with Crippen molar-refractivity contribution in [2.45, 2.75) is 32.5 Å². The van der Waals surface area contributed by atoms with Gasteiger partial charge in [0.15, 0.2) is 5.96 Å². The lowest BCUT2D eigenvalue weighted by Gasteiger charge is -2.17. The van der Waals surface area contributed by atoms with Crippen LogP contribution in [0.1, 0.15) is 24.5 Å². The molecule has 1 rings (SSSR count). The van der Waals surface area contributed by atoms with Gasteiger partial charge in [0.1, 0.15) is 15.7 Å². The highest BCUT2D eigenvalue weighted by atomic mass is 32.2. The lowest BCUT2D eigenvalue weighted by molar-refractivity contribution is 0.275. The van der Waals surface area contributed by atoms with E-state index in [0.29, 0.717) is 18.9 Å². The van der Waals surface area contributed by atoms with Gasteiger partial charge in [-0.2, -0.15) is 0 Å². The van der Waals surface area contributed by atoms with E-state index < -0.39 is 15.7 Å². The van der Waals surface area contributed by atoms with E-state index in [0.717, 1.165) is 5.56 Å². The summed E-state index contributed by atoms with van der Waals surface area (Å²) in [7, 11) is -1.37. The molecular formula is C15H24FN3O3S. The highest BCUT2D eigenvalue weighted by Crippen LogP contribution is 2.10. The van der Waals surface area contributed by atoms with E-state index in [-0.39, 0.29) is 24.0 Å². The Balaban J connectivity index is 2.54. The van der Waals surface area contributed by atoms with Crippen LogP contribution in [-0.2, 0) is 23.0 Å². The van der Waals surface area contributed by atoms with Crippen LogP contribution in [0.2, 0.25) is 0 Å². The molecule has 0 amide bonds. The maximum absolute atomic E-state index is 13.3. The molecule has 0 saturated heterocycles. The van der Waals surface area contributed by atoms with Crippen LogP contribution in [0.5, 0.6) is 0 Å². The summed E-state index contributed by atoms with van der Waals surface area (Å²) in [6, 6.07) is 4.47. The molecule has 1 unspecified atom stereocenters. The highest BCUT2D eigenvalue weighted by Gasteiger charge is 2.10. The predicted molar refractivity (Wildman–Crippen MR) is 89.4 cm³/mol. The molecule has 6 nitrogen and oxygen atoms in total. The van der Waals surface area contributed by atoms with Crippen molar-refractivity contribution in [3.05, 3.63) is 35.1 Å². The van der Waals surface area contributed by atoms with Gasteiger partial charge in [-0.1, -0.05) is 6.07 Å². The number of guanidine groups is 1. The average Bonchev–Trinajstić information content (AvgIpc) is 2.50. The molecule has 1 aromatic rings. The summed E-state index contributed by atoms with van der Waals surface area (Å²) in [5.74, 6) is 0.199. The summed E-state index contributed by atoms with van der Waals surface area (Å²) < 4.78 is 35.7. The minimum Gasteiger partial charge on any atom is -0.392 e. The Bertz CT molecular complexity index is 647. The van der Waals surface area contributed by atoms with Gasteiger partial charge in [-0.25, -0.2) is 12.8 Å². The molecule has 0 heterocycles. The Hall–Kier alpha value is -1.67. The third kappa shape index (κ3) is 7.43. The molecule has 1 atom stereocenters. The fraction of sp³-hybridized carbons (Fsp3) is 0.533. The minimum atomic E-state index is -2.99. The van der Waals surface area contributed by atoms with Crippen LogP contribution < -0.4 is 10.6 Å². The first-order valence-electron chi connectivity index (χ1n) is 7.28. The number of aliphatic imine (C=N–C) groups is 1. The zero-order chi connectivity index (χ0) is 17.5. The summed E-state index contributed by atoms with van der Waals surface area (Å²) >= 11 is 0. The molecule has 0 fully saturated rings. The monoisotopic (exact) mass is 345 g/mol. The lowest BCUT2D eigenvalue weighted by Crippen LogP contribution is -2.42. The molecule has 3 N–H and O–H groups in total. The fourth-order valence-electron chi connectivity index (χ4n) is 1.94. The van der Waals surface area contributed by atoms with Gasteiger partial charge in [-0.15, -0.1) is 0 Å². The number of hydrogen-bond acceptors (Lipinski definition) is 4. The molecule has 0 bridgehead atoms. The first-order valence-corrected chi connectivity index (χ1v) is 9.34. The SMILES string of the molecule is CN=C(NCc1ccc(F)c(CO)c1)NC(C)CCS(C)(=O)=O. The van der Waals surface area contributed by atoms with Crippen molar-refractivity contribution < 1.29 is 17.9 Å². The van der Waals surface area contributed by atoms with Gasteiger partial charge in [0, 0.05) is 31.5 Å². The van der Waals surface area contributed by atoms with Gasteiger partial charge in [0.25, 0.3) is 0 Å². The topological polar surface area (TPSA) is 90.8 Å². The fourth-order valence-corrected chi connectivity index (χ4v) is 2.72. The van der Waals surface area contributed by atoms with E-state index in [1.54, 1.807) is 19.2 Å². The third-order valence-electron chi connectivity index (χ3n) is 3.27. The molecule has 1 aromatic carbocycles. The van der Waals surface area contributed by atoms with E-state index in [9.17, 15) is 12.8 Å². The van der Waals surface area contributed by atoms with Gasteiger partial charge >= 0.3 is 0 Å². The van der Waals surface area contributed by atoms with Gasteiger partial charge in [0.05, 0.1) is 12.4 Å². The first kappa shape index (κ1) is 19.4. The van der Waals surface area contributed by atoms with E-state index >= 15 is 0 Å². The summed E-state index contributed by atoms with van der Waals surface area (Å²) in [6.45, 7) is 1.93. The third-order valence-corrected chi connectivity index (χ3v) is 4.25. The van der Waals surface area contributed by atoms with Crippen LogP contribution in [0.4, 0.5) is 4.39 Å². The Morgan fingerprint density at radius 1 is 1.43 bits per heavy atom. The van der Waals surface area contributed by atoms with Crippen molar-refractivity contribution in [1.82, 2.24) is 10.6 Å². The Morgan fingerprint density at radius 3 is 2.70 bits per heavy atom. The predicted octanol–water partition coefficient (Wildman–Crippen LogP) is 0.806. The van der Waals surface area contributed by atoms with Crippen molar-refractivity contribution in [2.75, 3.05) is 19.1 Å². The standard InChI is InChI=1S/C15H24FN3O3S/c1-11(6-7-23(3,21)22)19-15(17-2)18-9-12-4-5-14(16)13(8-12)10-20/h4-5,8,11,20H,6-7,9-10H2,1-3H3,(H2,17,18,19). The second-order valence-electron chi connectivity index (χ2n) is 5.47. The zero-order valence-corrected chi connectivity index (χ0v) is 14.5. The summed E-state index contributed by atoms with van der Waals surface area (Å²) in [5.41, 5.74) is 1.05. The van der Waals surface area contributed by atoms with Gasteiger partial charge < -0.3 is 15.7 Å². The molecule has 0 saturated carbocycles. The number of nitrogens with one attached hydrogen (secondary N) is 2. The van der Waals surface area contributed by atoms with Crippen LogP contribution in [0, 0.1) is 5.82 Å². The minimum absolute atomic E-state index is 0.0582. The summed E-state index contributed by atoms with van der Waals surface area (Å²) in [5, 5.41) is 15.2. The molecule has 0 aliphatic heterocycles. The molecule has 23 heavy (non-hydrogen) atoms. The number of halogens is 1. The number of aliphatic hydroxyl groups excluding tert-OH is 1.